The zero-order chi connectivity index (χ0) is 19.4. The van der Waals surface area contributed by atoms with Gasteiger partial charge in [-0.15, -0.1) is 0 Å². The minimum absolute atomic E-state index is 0.0271. The third-order valence-electron chi connectivity index (χ3n) is 4.51. The summed E-state index contributed by atoms with van der Waals surface area (Å²) in [6, 6.07) is 5.37. The molecular weight excluding hydrogens is 368 g/mol. The van der Waals surface area contributed by atoms with E-state index in [1.807, 2.05) is 17.9 Å². The molecule has 2 heterocycles. The van der Waals surface area contributed by atoms with Crippen molar-refractivity contribution >= 4 is 23.3 Å². The maximum absolute atomic E-state index is 12.7. The molecule has 0 saturated carbocycles. The first kappa shape index (κ1) is 19.2. The van der Waals surface area contributed by atoms with Crippen molar-refractivity contribution in [2.24, 2.45) is 0 Å². The minimum atomic E-state index is -0.562. The summed E-state index contributed by atoms with van der Waals surface area (Å²) >= 11 is 5.97. The van der Waals surface area contributed by atoms with Crippen molar-refractivity contribution in [2.75, 3.05) is 38.2 Å². The van der Waals surface area contributed by atoms with Crippen LogP contribution in [0.5, 0.6) is 11.6 Å². The van der Waals surface area contributed by atoms with Crippen LogP contribution in [-0.4, -0.2) is 60.2 Å². The molecule has 8 heteroatoms. The van der Waals surface area contributed by atoms with Gasteiger partial charge in [0.05, 0.1) is 19.5 Å². The monoisotopic (exact) mass is 390 g/mol. The van der Waals surface area contributed by atoms with Crippen LogP contribution >= 0.6 is 11.6 Å². The molecule has 144 valence electrons. The van der Waals surface area contributed by atoms with Gasteiger partial charge in [-0.25, -0.2) is 0 Å². The van der Waals surface area contributed by atoms with Crippen molar-refractivity contribution < 1.29 is 14.3 Å². The number of aryl methyl sites for hydroxylation is 1. The van der Waals surface area contributed by atoms with Crippen LogP contribution in [0.4, 0.5) is 5.82 Å². The second kappa shape index (κ2) is 8.43. The van der Waals surface area contributed by atoms with Gasteiger partial charge in [0, 0.05) is 31.2 Å². The summed E-state index contributed by atoms with van der Waals surface area (Å²) in [5.74, 6) is 1.88. The minimum Gasteiger partial charge on any atom is -0.481 e. The fourth-order valence-corrected chi connectivity index (χ4v) is 3.21. The number of hydrogen-bond donors (Lipinski definition) is 0. The van der Waals surface area contributed by atoms with Crippen molar-refractivity contribution in [3.63, 3.8) is 0 Å². The Bertz CT molecular complexity index is 809. The van der Waals surface area contributed by atoms with E-state index in [0.29, 0.717) is 42.8 Å². The van der Waals surface area contributed by atoms with Crippen LogP contribution in [0.1, 0.15) is 12.5 Å². The summed E-state index contributed by atoms with van der Waals surface area (Å²) in [5.41, 5.74) is 0.906. The Morgan fingerprint density at radius 2 is 1.96 bits per heavy atom. The number of carbonyl (C=O) groups excluding carboxylic acids is 1. The largest absolute Gasteiger partial charge is 0.481 e. The maximum Gasteiger partial charge on any atom is 0.263 e. The standard InChI is InChI=1S/C19H23ClN4O3/c1-13-10-15(20)4-5-16(13)27-14(2)19(25)24-8-6-23(7-9-24)17-11-21-12-18(22-17)26-3/h4-5,10-12,14H,6-9H2,1-3H3. The van der Waals surface area contributed by atoms with Crippen LogP contribution in [0.15, 0.2) is 30.6 Å². The topological polar surface area (TPSA) is 67.8 Å². The quantitative estimate of drug-likeness (QED) is 0.781. The van der Waals surface area contributed by atoms with E-state index in [2.05, 4.69) is 14.9 Å². The molecular formula is C19H23ClN4O3. The molecule has 1 aromatic heterocycles. The van der Waals surface area contributed by atoms with E-state index in [9.17, 15) is 4.79 Å². The van der Waals surface area contributed by atoms with Gasteiger partial charge in [0.1, 0.15) is 5.75 Å². The van der Waals surface area contributed by atoms with Gasteiger partial charge >= 0.3 is 0 Å². The third kappa shape index (κ3) is 4.60. The molecule has 1 aromatic carbocycles. The molecule has 27 heavy (non-hydrogen) atoms. The lowest BCUT2D eigenvalue weighted by Gasteiger charge is -2.36. The smallest absolute Gasteiger partial charge is 0.263 e. The molecule has 1 unspecified atom stereocenters. The Hall–Kier alpha value is -2.54. The summed E-state index contributed by atoms with van der Waals surface area (Å²) < 4.78 is 11.0. The van der Waals surface area contributed by atoms with Crippen LogP contribution < -0.4 is 14.4 Å². The number of rotatable bonds is 5. The van der Waals surface area contributed by atoms with Crippen molar-refractivity contribution in [1.82, 2.24) is 14.9 Å². The molecule has 1 atom stereocenters. The molecule has 0 radical (unpaired) electrons. The number of hydrogen-bond acceptors (Lipinski definition) is 6. The zero-order valence-corrected chi connectivity index (χ0v) is 16.4. The summed E-state index contributed by atoms with van der Waals surface area (Å²) in [5, 5.41) is 0.649. The average Bonchev–Trinajstić information content (AvgIpc) is 2.69. The molecule has 1 aliphatic heterocycles. The first-order valence-electron chi connectivity index (χ1n) is 8.80. The summed E-state index contributed by atoms with van der Waals surface area (Å²) in [4.78, 5) is 25.2. The number of nitrogens with zero attached hydrogens (tertiary/aromatic N) is 4. The number of carbonyl (C=O) groups is 1. The Morgan fingerprint density at radius 3 is 2.63 bits per heavy atom. The molecule has 0 N–H and O–H groups in total. The molecule has 0 aliphatic carbocycles. The fraction of sp³-hybridized carbons (Fsp3) is 0.421. The van der Waals surface area contributed by atoms with Crippen LogP contribution in [0, 0.1) is 6.92 Å². The lowest BCUT2D eigenvalue weighted by molar-refractivity contribution is -0.138. The second-order valence-electron chi connectivity index (χ2n) is 6.40. The number of ether oxygens (including phenoxy) is 2. The Balaban J connectivity index is 1.57. The molecule has 0 bridgehead atoms. The SMILES string of the molecule is COc1cncc(N2CCN(C(=O)C(C)Oc3ccc(Cl)cc3C)CC2)n1. The molecule has 1 fully saturated rings. The zero-order valence-electron chi connectivity index (χ0n) is 15.7. The molecule has 0 spiro atoms. The first-order valence-corrected chi connectivity index (χ1v) is 9.18. The number of methoxy groups -OCH3 is 1. The van der Waals surface area contributed by atoms with Gasteiger partial charge in [0.2, 0.25) is 5.88 Å². The molecule has 2 aromatic rings. The van der Waals surface area contributed by atoms with Crippen LogP contribution in [0.25, 0.3) is 0 Å². The number of benzene rings is 1. The van der Waals surface area contributed by atoms with Gasteiger partial charge in [-0.05, 0) is 37.6 Å². The van der Waals surface area contributed by atoms with E-state index < -0.39 is 6.10 Å². The highest BCUT2D eigenvalue weighted by atomic mass is 35.5. The van der Waals surface area contributed by atoms with Gasteiger partial charge in [-0.3, -0.25) is 9.78 Å². The Morgan fingerprint density at radius 1 is 1.22 bits per heavy atom. The number of piperazine rings is 1. The van der Waals surface area contributed by atoms with Gasteiger partial charge in [0.25, 0.3) is 5.91 Å². The number of anilines is 1. The number of amides is 1. The Labute approximate surface area is 163 Å². The van der Waals surface area contributed by atoms with Gasteiger partial charge in [0.15, 0.2) is 11.9 Å². The second-order valence-corrected chi connectivity index (χ2v) is 6.84. The van der Waals surface area contributed by atoms with E-state index in [1.54, 1.807) is 38.6 Å². The summed E-state index contributed by atoms with van der Waals surface area (Å²) in [6.07, 6.45) is 2.71. The summed E-state index contributed by atoms with van der Waals surface area (Å²) in [6.45, 7) is 6.25. The summed E-state index contributed by atoms with van der Waals surface area (Å²) in [7, 11) is 1.56. The highest BCUT2D eigenvalue weighted by molar-refractivity contribution is 6.30. The van der Waals surface area contributed by atoms with Crippen LogP contribution in [0.2, 0.25) is 5.02 Å². The lowest BCUT2D eigenvalue weighted by atomic mass is 10.2. The van der Waals surface area contributed by atoms with E-state index in [4.69, 9.17) is 21.1 Å². The van der Waals surface area contributed by atoms with Gasteiger partial charge in [-0.2, -0.15) is 4.98 Å². The van der Waals surface area contributed by atoms with Crippen molar-refractivity contribution in [3.8, 4) is 11.6 Å². The van der Waals surface area contributed by atoms with E-state index in [1.165, 1.54) is 0 Å². The van der Waals surface area contributed by atoms with Crippen LogP contribution in [-0.2, 0) is 4.79 Å². The van der Waals surface area contributed by atoms with Gasteiger partial charge in [-0.1, -0.05) is 11.6 Å². The number of halogens is 1. The normalized spacial score (nSPS) is 15.4. The Kier molecular flexibility index (Phi) is 6.01. The molecule has 1 amide bonds. The van der Waals surface area contributed by atoms with Crippen molar-refractivity contribution in [1.29, 1.82) is 0 Å². The predicted molar refractivity (Wildman–Crippen MR) is 104 cm³/mol. The van der Waals surface area contributed by atoms with Gasteiger partial charge < -0.3 is 19.3 Å². The number of aromatic nitrogens is 2. The fourth-order valence-electron chi connectivity index (χ4n) is 2.99. The highest BCUT2D eigenvalue weighted by Gasteiger charge is 2.27. The highest BCUT2D eigenvalue weighted by Crippen LogP contribution is 2.23. The maximum atomic E-state index is 12.7. The van der Waals surface area contributed by atoms with E-state index in [-0.39, 0.29) is 5.91 Å². The average molecular weight is 391 g/mol. The predicted octanol–water partition coefficient (Wildman–Crippen LogP) is 2.56. The van der Waals surface area contributed by atoms with E-state index in [0.717, 1.165) is 11.4 Å². The first-order chi connectivity index (χ1) is 13.0. The van der Waals surface area contributed by atoms with E-state index >= 15 is 0 Å². The van der Waals surface area contributed by atoms with Crippen LogP contribution in [0.3, 0.4) is 0 Å². The van der Waals surface area contributed by atoms with Crippen molar-refractivity contribution in [2.45, 2.75) is 20.0 Å². The molecule has 1 saturated heterocycles. The lowest BCUT2D eigenvalue weighted by Crippen LogP contribution is -2.52. The molecule has 7 nitrogen and oxygen atoms in total. The molecule has 3 rings (SSSR count). The molecule has 1 aliphatic rings. The van der Waals surface area contributed by atoms with Crippen molar-refractivity contribution in [3.05, 3.63) is 41.2 Å². The third-order valence-corrected chi connectivity index (χ3v) is 4.75.